The molecule has 0 aliphatic carbocycles. The number of nitrogens with zero attached hydrogens (tertiary/aromatic N) is 2. The lowest BCUT2D eigenvalue weighted by atomic mass is 10.0. The van der Waals surface area contributed by atoms with Gasteiger partial charge in [-0.1, -0.05) is 97.1 Å². The van der Waals surface area contributed by atoms with Crippen molar-refractivity contribution >= 4 is 51.6 Å². The molecule has 0 saturated heterocycles. The second-order valence-corrected chi connectivity index (χ2v) is 15.1. The first kappa shape index (κ1) is 23.6. The number of para-hydroxylation sites is 3. The van der Waals surface area contributed by atoms with Crippen LogP contribution >= 0.6 is 0 Å². The Morgan fingerprint density at radius 3 is 1.67 bits per heavy atom. The zero-order chi connectivity index (χ0) is 28.0. The van der Waals surface area contributed by atoms with Crippen molar-refractivity contribution in [2.24, 2.45) is 0 Å². The summed E-state index contributed by atoms with van der Waals surface area (Å²) in [6.45, 7) is 0. The predicted molar refractivity (Wildman–Crippen MR) is 177 cm³/mol. The van der Waals surface area contributed by atoms with Crippen LogP contribution in [0, 0.1) is 0 Å². The molecule has 0 unspecified atom stereocenters. The van der Waals surface area contributed by atoms with Gasteiger partial charge in [-0.3, -0.25) is 0 Å². The summed E-state index contributed by atoms with van der Waals surface area (Å²) in [5.41, 5.74) is 9.90. The highest BCUT2D eigenvalue weighted by Crippen LogP contribution is 2.47. The molecular weight excluding hydrogens is 529 g/mol. The van der Waals surface area contributed by atoms with Crippen LogP contribution in [0.25, 0.3) is 22.3 Å². The van der Waals surface area contributed by atoms with Crippen molar-refractivity contribution in [3.05, 3.63) is 133 Å². The molecule has 0 amide bonds. The predicted octanol–water partition coefficient (Wildman–Crippen LogP) is 6.67. The Bertz CT molecular complexity index is 2040. The largest absolute Gasteiger partial charge is 0.453 e. The van der Waals surface area contributed by atoms with Crippen LogP contribution in [0.5, 0.6) is 11.5 Å². The smallest absolute Gasteiger partial charge is 0.185 e. The van der Waals surface area contributed by atoms with E-state index < -0.39 is 8.07 Å². The van der Waals surface area contributed by atoms with E-state index in [9.17, 15) is 0 Å². The molecule has 3 heterocycles. The maximum Gasteiger partial charge on any atom is 0.185 e. The molecule has 200 valence electrons. The summed E-state index contributed by atoms with van der Waals surface area (Å²) in [5, 5.41) is 5.91. The van der Waals surface area contributed by atoms with Gasteiger partial charge >= 0.3 is 0 Å². The zero-order valence-corrected chi connectivity index (χ0v) is 24.5. The number of fused-ring (bicyclic) bond motifs is 11. The standard InChI is InChI=1S/C38H28N2OSi/c1-39-29-13-5-7-15-33(29)41-34-21-19-25(23-31(34)39)26-20-22-38-32(24-26)40(2)30-14-6-10-18-37(30)42(38)35-16-8-3-11-27(35)28-12-4-9-17-36(28)42/h3-24H,1-2H3. The number of rotatable bonds is 1. The van der Waals surface area contributed by atoms with Gasteiger partial charge in [-0.05, 0) is 79.4 Å². The van der Waals surface area contributed by atoms with Gasteiger partial charge in [0.25, 0.3) is 0 Å². The third kappa shape index (κ3) is 2.94. The summed E-state index contributed by atoms with van der Waals surface area (Å²) >= 11 is 0. The van der Waals surface area contributed by atoms with Gasteiger partial charge in [-0.15, -0.1) is 0 Å². The van der Waals surface area contributed by atoms with Crippen LogP contribution in [0.4, 0.5) is 22.7 Å². The van der Waals surface area contributed by atoms with E-state index in [0.717, 1.165) is 22.9 Å². The number of ether oxygens (including phenoxy) is 1. The topological polar surface area (TPSA) is 15.7 Å². The lowest BCUT2D eigenvalue weighted by molar-refractivity contribution is 0.475. The highest BCUT2D eigenvalue weighted by molar-refractivity contribution is 7.23. The van der Waals surface area contributed by atoms with Crippen molar-refractivity contribution in [2.75, 3.05) is 23.9 Å². The van der Waals surface area contributed by atoms with Crippen LogP contribution in [-0.4, -0.2) is 22.2 Å². The molecule has 3 nitrogen and oxygen atoms in total. The van der Waals surface area contributed by atoms with Gasteiger partial charge in [0.05, 0.1) is 11.4 Å². The summed E-state index contributed by atoms with van der Waals surface area (Å²) in [7, 11) is 1.83. The summed E-state index contributed by atoms with van der Waals surface area (Å²) in [6.07, 6.45) is 0. The first-order chi connectivity index (χ1) is 20.7. The quantitative estimate of drug-likeness (QED) is 0.210. The number of anilines is 4. The van der Waals surface area contributed by atoms with Crippen molar-refractivity contribution in [3.63, 3.8) is 0 Å². The molecule has 0 aromatic heterocycles. The third-order valence-corrected chi connectivity index (χ3v) is 14.4. The molecule has 3 aliphatic heterocycles. The maximum absolute atomic E-state index is 6.27. The van der Waals surface area contributed by atoms with E-state index in [2.05, 4.69) is 145 Å². The van der Waals surface area contributed by atoms with Gasteiger partial charge in [0.1, 0.15) is 0 Å². The summed E-state index contributed by atoms with van der Waals surface area (Å²) in [6, 6.07) is 49.2. The van der Waals surface area contributed by atoms with Crippen LogP contribution < -0.4 is 35.3 Å². The maximum atomic E-state index is 6.27. The van der Waals surface area contributed by atoms with Gasteiger partial charge in [-0.2, -0.15) is 0 Å². The average Bonchev–Trinajstić information content (AvgIpc) is 3.34. The Hall–Kier alpha value is -5.06. The SMILES string of the molecule is CN1c2ccccc2Oc2ccc(-c3ccc4c(c3)N(C)c3ccccc3[Si]43c4ccccc4-c4ccccc43)cc21. The van der Waals surface area contributed by atoms with E-state index in [1.165, 1.54) is 54.4 Å². The Balaban J connectivity index is 1.27. The van der Waals surface area contributed by atoms with Crippen molar-refractivity contribution in [2.45, 2.75) is 0 Å². The van der Waals surface area contributed by atoms with E-state index >= 15 is 0 Å². The van der Waals surface area contributed by atoms with Crippen LogP contribution in [0.15, 0.2) is 133 Å². The number of hydrogen-bond acceptors (Lipinski definition) is 3. The van der Waals surface area contributed by atoms with Crippen molar-refractivity contribution in [1.82, 2.24) is 0 Å². The minimum atomic E-state index is -2.51. The lowest BCUT2D eigenvalue weighted by Gasteiger charge is -2.42. The van der Waals surface area contributed by atoms with Crippen molar-refractivity contribution in [3.8, 4) is 33.8 Å². The van der Waals surface area contributed by atoms with Crippen LogP contribution in [0.1, 0.15) is 0 Å². The Labute approximate surface area is 246 Å². The molecular formula is C38H28N2OSi. The molecule has 0 N–H and O–H groups in total. The molecule has 0 atom stereocenters. The van der Waals surface area contributed by atoms with Gasteiger partial charge in [-0.25, -0.2) is 0 Å². The number of benzene rings is 6. The molecule has 1 spiro atoms. The molecule has 0 radical (unpaired) electrons. The summed E-state index contributed by atoms with van der Waals surface area (Å²) < 4.78 is 6.27. The van der Waals surface area contributed by atoms with E-state index in [1.54, 1.807) is 0 Å². The van der Waals surface area contributed by atoms with Gasteiger partial charge in [0.2, 0.25) is 0 Å². The second-order valence-electron chi connectivity index (χ2n) is 11.5. The van der Waals surface area contributed by atoms with E-state index in [1.807, 2.05) is 12.1 Å². The second kappa shape index (κ2) is 8.48. The molecule has 4 heteroatoms. The Morgan fingerprint density at radius 1 is 0.429 bits per heavy atom. The molecule has 9 rings (SSSR count). The molecule has 0 bridgehead atoms. The minimum Gasteiger partial charge on any atom is -0.453 e. The van der Waals surface area contributed by atoms with Crippen LogP contribution in [-0.2, 0) is 0 Å². The third-order valence-electron chi connectivity index (χ3n) is 9.48. The molecule has 6 aromatic rings. The van der Waals surface area contributed by atoms with Crippen molar-refractivity contribution in [1.29, 1.82) is 0 Å². The van der Waals surface area contributed by atoms with E-state index in [4.69, 9.17) is 4.74 Å². The van der Waals surface area contributed by atoms with Gasteiger partial charge < -0.3 is 14.5 Å². The van der Waals surface area contributed by atoms with Gasteiger partial charge in [0, 0.05) is 25.5 Å². The highest BCUT2D eigenvalue weighted by Gasteiger charge is 2.53. The summed E-state index contributed by atoms with van der Waals surface area (Å²) in [5.74, 6) is 1.77. The fourth-order valence-corrected chi connectivity index (χ4v) is 13.2. The zero-order valence-electron chi connectivity index (χ0n) is 23.5. The van der Waals surface area contributed by atoms with Crippen LogP contribution in [0.2, 0.25) is 0 Å². The van der Waals surface area contributed by atoms with Crippen molar-refractivity contribution < 1.29 is 4.74 Å². The van der Waals surface area contributed by atoms with Gasteiger partial charge in [0.15, 0.2) is 19.6 Å². The monoisotopic (exact) mass is 556 g/mol. The molecule has 0 saturated carbocycles. The first-order valence-electron chi connectivity index (χ1n) is 14.5. The fraction of sp³-hybridized carbons (Fsp3) is 0.0526. The minimum absolute atomic E-state index is 0.884. The van der Waals surface area contributed by atoms with Crippen LogP contribution in [0.3, 0.4) is 0 Å². The molecule has 6 aromatic carbocycles. The summed E-state index contributed by atoms with van der Waals surface area (Å²) in [4.78, 5) is 4.63. The molecule has 0 fully saturated rings. The Kier molecular flexibility index (Phi) is 4.77. The lowest BCUT2D eigenvalue weighted by Crippen LogP contribution is -2.75. The normalized spacial score (nSPS) is 14.7. The number of hydrogen-bond donors (Lipinski definition) is 0. The van der Waals surface area contributed by atoms with E-state index in [0.29, 0.717) is 0 Å². The molecule has 3 aliphatic rings. The van der Waals surface area contributed by atoms with E-state index in [-0.39, 0.29) is 0 Å². The molecule has 42 heavy (non-hydrogen) atoms. The first-order valence-corrected chi connectivity index (χ1v) is 16.5. The average molecular weight is 557 g/mol. The Morgan fingerprint density at radius 2 is 0.929 bits per heavy atom. The highest BCUT2D eigenvalue weighted by atomic mass is 28.3. The fourth-order valence-electron chi connectivity index (χ4n) is 7.59.